The van der Waals surface area contributed by atoms with Gasteiger partial charge in [-0.3, -0.25) is 0 Å². The van der Waals surface area contributed by atoms with E-state index in [2.05, 4.69) is 10.2 Å². The molecule has 0 unspecified atom stereocenters. The first-order valence-corrected chi connectivity index (χ1v) is 7.20. The van der Waals surface area contributed by atoms with Crippen molar-refractivity contribution >= 4 is 34.5 Å². The number of nitrogens with one attached hydrogen (secondary N) is 1. The van der Waals surface area contributed by atoms with E-state index in [1.165, 1.54) is 37.3 Å². The first kappa shape index (κ1) is 12.7. The van der Waals surface area contributed by atoms with Crippen molar-refractivity contribution in [1.82, 2.24) is 10.2 Å². The van der Waals surface area contributed by atoms with Crippen LogP contribution in [-0.2, 0) is 6.54 Å². The summed E-state index contributed by atoms with van der Waals surface area (Å²) in [5, 5.41) is 3.40. The van der Waals surface area contributed by atoms with Crippen LogP contribution >= 0.6 is 34.5 Å². The number of halogens is 2. The van der Waals surface area contributed by atoms with Gasteiger partial charge in [0.25, 0.3) is 0 Å². The number of hydrogen-bond acceptors (Lipinski definition) is 3. The summed E-state index contributed by atoms with van der Waals surface area (Å²) in [5.41, 5.74) is 1.11. The lowest BCUT2D eigenvalue weighted by molar-refractivity contribution is 0.335. The average Bonchev–Trinajstić information content (AvgIpc) is 2.84. The van der Waals surface area contributed by atoms with Crippen LogP contribution in [-0.4, -0.2) is 31.1 Å². The Kier molecular flexibility index (Phi) is 4.92. The highest BCUT2D eigenvalue weighted by molar-refractivity contribution is 7.20. The zero-order chi connectivity index (χ0) is 11.4. The Morgan fingerprint density at radius 3 is 2.69 bits per heavy atom. The molecule has 0 bridgehead atoms. The van der Waals surface area contributed by atoms with Crippen LogP contribution in [0.15, 0.2) is 6.07 Å². The van der Waals surface area contributed by atoms with Gasteiger partial charge in [0.2, 0.25) is 0 Å². The summed E-state index contributed by atoms with van der Waals surface area (Å²) < 4.78 is 1.57. The third kappa shape index (κ3) is 3.60. The molecular weight excluding hydrogens is 263 g/mol. The second kappa shape index (κ2) is 6.22. The van der Waals surface area contributed by atoms with Gasteiger partial charge in [0.1, 0.15) is 0 Å². The highest BCUT2D eigenvalue weighted by Gasteiger charge is 2.10. The summed E-state index contributed by atoms with van der Waals surface area (Å²) in [6.45, 7) is 5.48. The van der Waals surface area contributed by atoms with E-state index < -0.39 is 0 Å². The molecule has 90 valence electrons. The molecule has 0 aliphatic carbocycles. The predicted molar refractivity (Wildman–Crippen MR) is 71.7 cm³/mol. The molecule has 1 aliphatic heterocycles. The van der Waals surface area contributed by atoms with E-state index in [1.54, 1.807) is 0 Å². The lowest BCUT2D eigenvalue weighted by Gasteiger charge is -2.14. The molecule has 0 spiro atoms. The van der Waals surface area contributed by atoms with Crippen LogP contribution in [0.4, 0.5) is 0 Å². The van der Waals surface area contributed by atoms with E-state index in [-0.39, 0.29) is 0 Å². The first-order chi connectivity index (χ1) is 7.75. The van der Waals surface area contributed by atoms with Gasteiger partial charge in [0.15, 0.2) is 0 Å². The van der Waals surface area contributed by atoms with Crippen molar-refractivity contribution in [3.63, 3.8) is 0 Å². The molecule has 16 heavy (non-hydrogen) atoms. The second-order valence-corrected chi connectivity index (χ2v) is 6.36. The fourth-order valence-electron chi connectivity index (χ4n) is 1.96. The van der Waals surface area contributed by atoms with E-state index >= 15 is 0 Å². The van der Waals surface area contributed by atoms with Crippen LogP contribution in [0, 0.1) is 0 Å². The highest BCUT2D eigenvalue weighted by atomic mass is 35.5. The maximum Gasteiger partial charge on any atom is 0.0989 e. The third-order valence-corrected chi connectivity index (χ3v) is 4.42. The standard InChI is InChI=1S/C11H16Cl2N2S/c12-10-7-9(11(13)16-10)8-14-3-6-15-4-1-2-5-15/h7,14H,1-6,8H2. The summed E-state index contributed by atoms with van der Waals surface area (Å²) in [6.07, 6.45) is 2.71. The SMILES string of the molecule is Clc1cc(CNCCN2CCCC2)c(Cl)s1. The lowest BCUT2D eigenvalue weighted by atomic mass is 10.3. The van der Waals surface area contributed by atoms with E-state index in [4.69, 9.17) is 23.2 Å². The molecule has 0 atom stereocenters. The fourth-order valence-corrected chi connectivity index (χ4v) is 3.45. The zero-order valence-electron chi connectivity index (χ0n) is 9.14. The normalized spacial score (nSPS) is 17.1. The monoisotopic (exact) mass is 278 g/mol. The Hall–Kier alpha value is 0.200. The smallest absolute Gasteiger partial charge is 0.0989 e. The van der Waals surface area contributed by atoms with Crippen LogP contribution in [0.25, 0.3) is 0 Å². The van der Waals surface area contributed by atoms with Gasteiger partial charge in [-0.15, -0.1) is 11.3 Å². The minimum Gasteiger partial charge on any atom is -0.311 e. The first-order valence-electron chi connectivity index (χ1n) is 5.62. The summed E-state index contributed by atoms with van der Waals surface area (Å²) >= 11 is 13.3. The Morgan fingerprint density at radius 1 is 1.31 bits per heavy atom. The van der Waals surface area contributed by atoms with Gasteiger partial charge in [0.05, 0.1) is 8.67 Å². The van der Waals surface area contributed by atoms with E-state index in [1.807, 2.05) is 6.07 Å². The van der Waals surface area contributed by atoms with Crippen molar-refractivity contribution in [2.45, 2.75) is 19.4 Å². The molecule has 1 aromatic heterocycles. The molecule has 0 amide bonds. The molecule has 1 saturated heterocycles. The Bertz CT molecular complexity index is 335. The average molecular weight is 279 g/mol. The number of thiophene rings is 1. The maximum atomic E-state index is 6.03. The molecule has 1 aromatic rings. The Labute approximate surface area is 111 Å². The molecule has 1 N–H and O–H groups in total. The van der Waals surface area contributed by atoms with Gasteiger partial charge in [0, 0.05) is 19.6 Å². The van der Waals surface area contributed by atoms with Crippen molar-refractivity contribution in [2.24, 2.45) is 0 Å². The van der Waals surface area contributed by atoms with Crippen LogP contribution in [0.5, 0.6) is 0 Å². The second-order valence-electron chi connectivity index (χ2n) is 4.07. The summed E-state index contributed by atoms with van der Waals surface area (Å²) in [7, 11) is 0. The van der Waals surface area contributed by atoms with E-state index in [0.29, 0.717) is 0 Å². The number of hydrogen-bond donors (Lipinski definition) is 1. The van der Waals surface area contributed by atoms with Crippen molar-refractivity contribution in [1.29, 1.82) is 0 Å². The van der Waals surface area contributed by atoms with Crippen molar-refractivity contribution in [2.75, 3.05) is 26.2 Å². The summed E-state index contributed by atoms with van der Waals surface area (Å²) in [4.78, 5) is 2.50. The van der Waals surface area contributed by atoms with Gasteiger partial charge in [-0.2, -0.15) is 0 Å². The van der Waals surface area contributed by atoms with Gasteiger partial charge >= 0.3 is 0 Å². The third-order valence-electron chi connectivity index (χ3n) is 2.85. The van der Waals surface area contributed by atoms with E-state index in [0.717, 1.165) is 33.9 Å². The number of nitrogens with zero attached hydrogens (tertiary/aromatic N) is 1. The van der Waals surface area contributed by atoms with Crippen LogP contribution in [0.2, 0.25) is 8.67 Å². The molecule has 5 heteroatoms. The van der Waals surface area contributed by atoms with Crippen LogP contribution in [0.3, 0.4) is 0 Å². The molecule has 2 nitrogen and oxygen atoms in total. The summed E-state index contributed by atoms with van der Waals surface area (Å²) in [6, 6.07) is 1.94. The summed E-state index contributed by atoms with van der Waals surface area (Å²) in [5.74, 6) is 0. The van der Waals surface area contributed by atoms with Crippen molar-refractivity contribution in [3.05, 3.63) is 20.3 Å². The number of likely N-dealkylation sites (tertiary alicyclic amines) is 1. The Morgan fingerprint density at radius 2 is 2.06 bits per heavy atom. The maximum absolute atomic E-state index is 6.03. The van der Waals surface area contributed by atoms with Crippen LogP contribution < -0.4 is 5.32 Å². The van der Waals surface area contributed by atoms with Crippen molar-refractivity contribution in [3.8, 4) is 0 Å². The molecule has 2 rings (SSSR count). The Balaban J connectivity index is 1.65. The van der Waals surface area contributed by atoms with Gasteiger partial charge in [-0.25, -0.2) is 0 Å². The fraction of sp³-hybridized carbons (Fsp3) is 0.636. The molecular formula is C11H16Cl2N2S. The predicted octanol–water partition coefficient (Wildman–Crippen LogP) is 3.24. The zero-order valence-corrected chi connectivity index (χ0v) is 11.5. The minimum absolute atomic E-state index is 0.765. The van der Waals surface area contributed by atoms with E-state index in [9.17, 15) is 0 Å². The minimum atomic E-state index is 0.765. The topological polar surface area (TPSA) is 15.3 Å². The van der Waals surface area contributed by atoms with Gasteiger partial charge in [-0.05, 0) is 37.6 Å². The van der Waals surface area contributed by atoms with Gasteiger partial charge in [-0.1, -0.05) is 23.2 Å². The molecule has 0 radical (unpaired) electrons. The molecule has 1 aliphatic rings. The lowest BCUT2D eigenvalue weighted by Crippen LogP contribution is -2.29. The quantitative estimate of drug-likeness (QED) is 0.832. The molecule has 2 heterocycles. The van der Waals surface area contributed by atoms with Crippen molar-refractivity contribution < 1.29 is 0 Å². The highest BCUT2D eigenvalue weighted by Crippen LogP contribution is 2.30. The largest absolute Gasteiger partial charge is 0.311 e. The molecule has 0 saturated carbocycles. The molecule has 1 fully saturated rings. The number of rotatable bonds is 5. The van der Waals surface area contributed by atoms with Crippen LogP contribution in [0.1, 0.15) is 18.4 Å². The van der Waals surface area contributed by atoms with Gasteiger partial charge < -0.3 is 10.2 Å². The molecule has 0 aromatic carbocycles.